The first-order chi connectivity index (χ1) is 9.60. The minimum atomic E-state index is 0.0619. The lowest BCUT2D eigenvalue weighted by Gasteiger charge is -2.27. The van der Waals surface area contributed by atoms with E-state index in [1.165, 1.54) is 12.8 Å². The summed E-state index contributed by atoms with van der Waals surface area (Å²) < 4.78 is 6.19. The van der Waals surface area contributed by atoms with Gasteiger partial charge in [-0.1, -0.05) is 15.9 Å². The molecule has 2 fully saturated rings. The fourth-order valence-electron chi connectivity index (χ4n) is 3.93. The summed E-state index contributed by atoms with van der Waals surface area (Å²) in [5.74, 6) is 2.23. The second kappa shape index (κ2) is 5.49. The van der Waals surface area contributed by atoms with E-state index in [0.717, 1.165) is 22.2 Å². The standard InChI is InChI=1S/C16H20BrNO2/c1-20-12-4-5-13(17)11(7-12)8-14(19)15-9-2-3-10(6-9)16(15)18/h4-5,7,9-10,15-16H,2-3,6,8,18H2,1H3. The van der Waals surface area contributed by atoms with Gasteiger partial charge in [-0.05, 0) is 54.9 Å². The molecule has 1 aromatic rings. The molecule has 4 heteroatoms. The number of hydrogen-bond acceptors (Lipinski definition) is 3. The molecule has 2 aliphatic carbocycles. The largest absolute Gasteiger partial charge is 0.497 e. The van der Waals surface area contributed by atoms with Crippen LogP contribution in [0.2, 0.25) is 0 Å². The van der Waals surface area contributed by atoms with E-state index in [-0.39, 0.29) is 12.0 Å². The molecule has 1 aromatic carbocycles. The number of benzene rings is 1. The summed E-state index contributed by atoms with van der Waals surface area (Å²) >= 11 is 3.51. The van der Waals surface area contributed by atoms with Crippen molar-refractivity contribution in [3.8, 4) is 5.75 Å². The van der Waals surface area contributed by atoms with Gasteiger partial charge < -0.3 is 10.5 Å². The van der Waals surface area contributed by atoms with Gasteiger partial charge in [0.1, 0.15) is 11.5 Å². The summed E-state index contributed by atoms with van der Waals surface area (Å²) in [6, 6.07) is 5.83. The SMILES string of the molecule is COc1ccc(Br)c(CC(=O)C2C3CCC(C3)C2N)c1. The Morgan fingerprint density at radius 1 is 1.40 bits per heavy atom. The number of hydrogen-bond donors (Lipinski definition) is 1. The average molecular weight is 338 g/mol. The smallest absolute Gasteiger partial charge is 0.142 e. The maximum Gasteiger partial charge on any atom is 0.142 e. The fraction of sp³-hybridized carbons (Fsp3) is 0.562. The van der Waals surface area contributed by atoms with Gasteiger partial charge >= 0.3 is 0 Å². The van der Waals surface area contributed by atoms with Gasteiger partial charge in [-0.3, -0.25) is 4.79 Å². The van der Waals surface area contributed by atoms with Crippen LogP contribution in [0.3, 0.4) is 0 Å². The van der Waals surface area contributed by atoms with E-state index < -0.39 is 0 Å². The van der Waals surface area contributed by atoms with Crippen LogP contribution < -0.4 is 10.5 Å². The Morgan fingerprint density at radius 2 is 2.15 bits per heavy atom. The van der Waals surface area contributed by atoms with Crippen molar-refractivity contribution in [2.45, 2.75) is 31.7 Å². The Morgan fingerprint density at radius 3 is 2.80 bits per heavy atom. The van der Waals surface area contributed by atoms with Crippen molar-refractivity contribution in [1.29, 1.82) is 0 Å². The third-order valence-corrected chi connectivity index (χ3v) is 5.74. The van der Waals surface area contributed by atoms with Gasteiger partial charge in [-0.25, -0.2) is 0 Å². The van der Waals surface area contributed by atoms with E-state index in [1.807, 2.05) is 18.2 Å². The number of methoxy groups -OCH3 is 1. The van der Waals surface area contributed by atoms with Crippen LogP contribution in [-0.2, 0) is 11.2 Å². The molecule has 2 saturated carbocycles. The molecule has 3 rings (SSSR count). The zero-order chi connectivity index (χ0) is 14.3. The van der Waals surface area contributed by atoms with E-state index in [0.29, 0.717) is 24.0 Å². The number of halogens is 1. The Hall–Kier alpha value is -0.870. The summed E-state index contributed by atoms with van der Waals surface area (Å²) in [5, 5.41) is 0. The topological polar surface area (TPSA) is 52.3 Å². The Kier molecular flexibility index (Phi) is 3.87. The number of ether oxygens (including phenoxy) is 1. The lowest BCUT2D eigenvalue weighted by molar-refractivity contribution is -0.124. The number of ketones is 1. The van der Waals surface area contributed by atoms with Crippen LogP contribution in [-0.4, -0.2) is 18.9 Å². The maximum atomic E-state index is 12.6. The predicted octanol–water partition coefficient (Wildman–Crippen LogP) is 2.94. The molecule has 20 heavy (non-hydrogen) atoms. The van der Waals surface area contributed by atoms with E-state index in [1.54, 1.807) is 7.11 Å². The number of fused-ring (bicyclic) bond motifs is 2. The number of nitrogens with two attached hydrogens (primary N) is 1. The Balaban J connectivity index is 1.76. The Labute approximate surface area is 128 Å². The Bertz CT molecular complexity index is 529. The predicted molar refractivity (Wildman–Crippen MR) is 81.7 cm³/mol. The highest BCUT2D eigenvalue weighted by atomic mass is 79.9. The second-order valence-corrected chi connectivity index (χ2v) is 6.89. The molecule has 4 unspecified atom stereocenters. The molecule has 2 aliphatic rings. The van der Waals surface area contributed by atoms with E-state index in [4.69, 9.17) is 10.5 Å². The highest BCUT2D eigenvalue weighted by Gasteiger charge is 2.48. The third kappa shape index (κ3) is 2.40. The first-order valence-corrected chi connectivity index (χ1v) is 8.00. The lowest BCUT2D eigenvalue weighted by atomic mass is 9.80. The number of carbonyl (C=O) groups is 1. The molecule has 3 nitrogen and oxygen atoms in total. The summed E-state index contributed by atoms with van der Waals surface area (Å²) in [5.41, 5.74) is 7.25. The summed E-state index contributed by atoms with van der Waals surface area (Å²) in [4.78, 5) is 12.6. The van der Waals surface area contributed by atoms with Crippen LogP contribution in [0.25, 0.3) is 0 Å². The molecule has 0 radical (unpaired) electrons. The van der Waals surface area contributed by atoms with Gasteiger partial charge in [-0.15, -0.1) is 0 Å². The van der Waals surface area contributed by atoms with Gasteiger partial charge in [0.2, 0.25) is 0 Å². The zero-order valence-electron chi connectivity index (χ0n) is 11.6. The van der Waals surface area contributed by atoms with Crippen molar-refractivity contribution in [2.24, 2.45) is 23.5 Å². The second-order valence-electron chi connectivity index (χ2n) is 6.04. The molecular formula is C16H20BrNO2. The van der Waals surface area contributed by atoms with E-state index >= 15 is 0 Å². The minimum Gasteiger partial charge on any atom is -0.497 e. The van der Waals surface area contributed by atoms with E-state index in [2.05, 4.69) is 15.9 Å². The number of carbonyl (C=O) groups excluding carboxylic acids is 1. The highest BCUT2D eigenvalue weighted by molar-refractivity contribution is 9.10. The monoisotopic (exact) mass is 337 g/mol. The van der Waals surface area contributed by atoms with Crippen LogP contribution in [0.5, 0.6) is 5.75 Å². The van der Waals surface area contributed by atoms with Crippen LogP contribution in [0, 0.1) is 17.8 Å². The van der Waals surface area contributed by atoms with Crippen molar-refractivity contribution < 1.29 is 9.53 Å². The molecule has 0 spiro atoms. The van der Waals surface area contributed by atoms with Crippen LogP contribution >= 0.6 is 15.9 Å². The highest BCUT2D eigenvalue weighted by Crippen LogP contribution is 2.48. The van der Waals surface area contributed by atoms with Crippen molar-refractivity contribution in [2.75, 3.05) is 7.11 Å². The molecule has 108 valence electrons. The molecule has 0 aliphatic heterocycles. The van der Waals surface area contributed by atoms with E-state index in [9.17, 15) is 4.79 Å². The summed E-state index contributed by atoms with van der Waals surface area (Å²) in [6.07, 6.45) is 3.97. The zero-order valence-corrected chi connectivity index (χ0v) is 13.2. The van der Waals surface area contributed by atoms with Crippen molar-refractivity contribution in [3.05, 3.63) is 28.2 Å². The average Bonchev–Trinajstić information content (AvgIpc) is 3.01. The van der Waals surface area contributed by atoms with Gasteiger partial charge in [0.25, 0.3) is 0 Å². The maximum absolute atomic E-state index is 12.6. The van der Waals surface area contributed by atoms with Crippen LogP contribution in [0.15, 0.2) is 22.7 Å². The van der Waals surface area contributed by atoms with Crippen molar-refractivity contribution in [1.82, 2.24) is 0 Å². The molecule has 0 saturated heterocycles. The lowest BCUT2D eigenvalue weighted by Crippen LogP contribution is -2.40. The normalized spacial score (nSPS) is 31.6. The van der Waals surface area contributed by atoms with Crippen molar-refractivity contribution >= 4 is 21.7 Å². The van der Waals surface area contributed by atoms with Crippen LogP contribution in [0.4, 0.5) is 0 Å². The van der Waals surface area contributed by atoms with Gasteiger partial charge in [0, 0.05) is 22.9 Å². The molecular weight excluding hydrogens is 318 g/mol. The third-order valence-electron chi connectivity index (χ3n) is 4.97. The molecule has 0 heterocycles. The molecule has 0 aromatic heterocycles. The molecule has 2 bridgehead atoms. The minimum absolute atomic E-state index is 0.0619. The summed E-state index contributed by atoms with van der Waals surface area (Å²) in [6.45, 7) is 0. The quantitative estimate of drug-likeness (QED) is 0.918. The number of rotatable bonds is 4. The fourth-order valence-corrected chi connectivity index (χ4v) is 4.32. The molecule has 2 N–H and O–H groups in total. The number of Topliss-reactive ketones (excluding diaryl/α,β-unsaturated/α-hetero) is 1. The van der Waals surface area contributed by atoms with Crippen LogP contribution in [0.1, 0.15) is 24.8 Å². The summed E-state index contributed by atoms with van der Waals surface area (Å²) in [7, 11) is 1.64. The van der Waals surface area contributed by atoms with Gasteiger partial charge in [-0.2, -0.15) is 0 Å². The first kappa shape index (κ1) is 14.1. The molecule has 0 amide bonds. The molecule has 4 atom stereocenters. The van der Waals surface area contributed by atoms with Crippen molar-refractivity contribution in [3.63, 3.8) is 0 Å². The van der Waals surface area contributed by atoms with Gasteiger partial charge in [0.15, 0.2) is 0 Å². The van der Waals surface area contributed by atoms with Gasteiger partial charge in [0.05, 0.1) is 7.11 Å². The first-order valence-electron chi connectivity index (χ1n) is 7.21.